The van der Waals surface area contributed by atoms with E-state index in [0.717, 1.165) is 36.3 Å². The van der Waals surface area contributed by atoms with E-state index in [2.05, 4.69) is 32.6 Å². The van der Waals surface area contributed by atoms with E-state index >= 15 is 0 Å². The molecule has 3 unspecified atom stereocenters. The molecule has 0 aromatic carbocycles. The molecule has 0 spiro atoms. The molecule has 31 heavy (non-hydrogen) atoms. The van der Waals surface area contributed by atoms with E-state index in [0.29, 0.717) is 23.7 Å². The van der Waals surface area contributed by atoms with E-state index in [1.54, 1.807) is 5.57 Å². The van der Waals surface area contributed by atoms with Crippen molar-refractivity contribution < 1.29 is 15.3 Å². The Morgan fingerprint density at radius 2 is 1.94 bits per heavy atom. The van der Waals surface area contributed by atoms with Gasteiger partial charge < -0.3 is 15.3 Å². The van der Waals surface area contributed by atoms with Gasteiger partial charge in [-0.15, -0.1) is 0 Å². The second-order valence-corrected chi connectivity index (χ2v) is 11.8. The van der Waals surface area contributed by atoms with Crippen molar-refractivity contribution in [1.29, 1.82) is 0 Å². The van der Waals surface area contributed by atoms with Crippen LogP contribution in [0, 0.1) is 29.1 Å². The van der Waals surface area contributed by atoms with Gasteiger partial charge in [0.15, 0.2) is 0 Å². The molecule has 0 saturated heterocycles. The molecule has 3 aliphatic rings. The van der Waals surface area contributed by atoms with Crippen LogP contribution in [0.5, 0.6) is 0 Å². The van der Waals surface area contributed by atoms with Crippen LogP contribution in [0.3, 0.4) is 0 Å². The fourth-order valence-electron chi connectivity index (χ4n) is 6.91. The van der Waals surface area contributed by atoms with Gasteiger partial charge in [0.1, 0.15) is 0 Å². The maximum Gasteiger partial charge on any atom is 0.0837 e. The van der Waals surface area contributed by atoms with Crippen LogP contribution in [-0.2, 0) is 0 Å². The Bertz CT molecular complexity index is 712. The van der Waals surface area contributed by atoms with E-state index in [1.807, 2.05) is 20.8 Å². The first kappa shape index (κ1) is 24.7. The van der Waals surface area contributed by atoms with Crippen LogP contribution in [0.4, 0.5) is 0 Å². The van der Waals surface area contributed by atoms with Crippen molar-refractivity contribution in [3.63, 3.8) is 0 Å². The summed E-state index contributed by atoms with van der Waals surface area (Å²) in [5.41, 5.74) is 3.15. The number of aliphatic hydroxyl groups is 3. The number of fused-ring (bicyclic) bond motifs is 1. The fraction of sp³-hybridized carbons (Fsp3) is 0.786. The predicted molar refractivity (Wildman–Crippen MR) is 129 cm³/mol. The number of hydrogen-bond acceptors (Lipinski definition) is 3. The highest BCUT2D eigenvalue weighted by Gasteiger charge is 2.50. The molecule has 0 bridgehead atoms. The summed E-state index contributed by atoms with van der Waals surface area (Å²) in [6.45, 7) is 14.8. The lowest BCUT2D eigenvalue weighted by Gasteiger charge is -2.44. The van der Waals surface area contributed by atoms with Crippen LogP contribution >= 0.6 is 0 Å². The van der Waals surface area contributed by atoms with Gasteiger partial charge >= 0.3 is 0 Å². The van der Waals surface area contributed by atoms with Crippen LogP contribution in [0.2, 0.25) is 0 Å². The second kappa shape index (κ2) is 9.53. The highest BCUT2D eigenvalue weighted by Crippen LogP contribution is 2.60. The first-order valence-electron chi connectivity index (χ1n) is 12.6. The molecule has 3 N–H and O–H groups in total. The number of allylic oxidation sites excluding steroid dienone is 3. The van der Waals surface area contributed by atoms with Crippen molar-refractivity contribution in [2.75, 3.05) is 0 Å². The van der Waals surface area contributed by atoms with E-state index in [4.69, 9.17) is 0 Å². The van der Waals surface area contributed by atoms with Crippen molar-refractivity contribution in [2.24, 2.45) is 29.1 Å². The van der Waals surface area contributed by atoms with Crippen molar-refractivity contribution in [3.8, 4) is 0 Å². The first-order chi connectivity index (χ1) is 14.4. The van der Waals surface area contributed by atoms with Gasteiger partial charge in [-0.05, 0) is 93.1 Å². The molecule has 0 aromatic rings. The highest BCUT2D eigenvalue weighted by molar-refractivity contribution is 5.39. The Morgan fingerprint density at radius 1 is 1.23 bits per heavy atom. The third-order valence-electron chi connectivity index (χ3n) is 8.97. The van der Waals surface area contributed by atoms with Gasteiger partial charge in [-0.25, -0.2) is 0 Å². The highest BCUT2D eigenvalue weighted by atomic mass is 16.3. The first-order valence-corrected chi connectivity index (χ1v) is 12.6. The van der Waals surface area contributed by atoms with Crippen LogP contribution in [0.15, 0.2) is 35.5 Å². The van der Waals surface area contributed by atoms with Gasteiger partial charge in [-0.2, -0.15) is 0 Å². The summed E-state index contributed by atoms with van der Waals surface area (Å²) < 4.78 is 0. The van der Waals surface area contributed by atoms with Crippen molar-refractivity contribution in [2.45, 2.75) is 110 Å². The zero-order valence-corrected chi connectivity index (χ0v) is 20.5. The van der Waals surface area contributed by atoms with Gasteiger partial charge in [0.25, 0.3) is 0 Å². The molecule has 0 aliphatic heterocycles. The minimum Gasteiger partial charge on any atom is -0.392 e. The van der Waals surface area contributed by atoms with Gasteiger partial charge in [-0.1, -0.05) is 57.9 Å². The summed E-state index contributed by atoms with van der Waals surface area (Å²) in [4.78, 5) is 0. The minimum atomic E-state index is -0.648. The molecule has 3 fully saturated rings. The molecular weight excluding hydrogens is 384 g/mol. The van der Waals surface area contributed by atoms with Crippen LogP contribution in [0.1, 0.15) is 92.4 Å². The van der Waals surface area contributed by atoms with Crippen molar-refractivity contribution in [3.05, 3.63) is 35.5 Å². The molecule has 3 saturated carbocycles. The summed E-state index contributed by atoms with van der Waals surface area (Å²) in [5, 5.41) is 30.7. The van der Waals surface area contributed by atoms with E-state index in [9.17, 15) is 15.3 Å². The fourth-order valence-corrected chi connectivity index (χ4v) is 6.91. The SMILES string of the molecule is C=C1/C(=C/C=C2\CCCC3(C)C2CCC3[C@@H](C)CCCC(C)(C)O)C[C@H](O)[C@@H](C)[C@@H]1O. The van der Waals surface area contributed by atoms with Gasteiger partial charge in [0.05, 0.1) is 17.8 Å². The molecule has 7 atom stereocenters. The molecule has 0 heterocycles. The quantitative estimate of drug-likeness (QED) is 0.488. The van der Waals surface area contributed by atoms with Crippen LogP contribution in [-0.4, -0.2) is 33.1 Å². The van der Waals surface area contributed by atoms with Crippen LogP contribution in [0.25, 0.3) is 0 Å². The lowest BCUT2D eigenvalue weighted by molar-refractivity contribution is 0.0283. The van der Waals surface area contributed by atoms with Crippen molar-refractivity contribution in [1.82, 2.24) is 0 Å². The second-order valence-electron chi connectivity index (χ2n) is 11.8. The summed E-state index contributed by atoms with van der Waals surface area (Å²) in [7, 11) is 0. The summed E-state index contributed by atoms with van der Waals surface area (Å²) in [6, 6.07) is 0. The van der Waals surface area contributed by atoms with Crippen LogP contribution < -0.4 is 0 Å². The molecule has 3 rings (SSSR count). The molecular formula is C28H46O3. The maximum absolute atomic E-state index is 10.4. The lowest BCUT2D eigenvalue weighted by Crippen LogP contribution is -2.36. The summed E-state index contributed by atoms with van der Waals surface area (Å²) in [6.07, 6.45) is 13.4. The molecule has 3 nitrogen and oxygen atoms in total. The Hall–Kier alpha value is -0.900. The standard InChI is InChI=1S/C28H46O3/c1-18(9-7-15-27(4,5)31)23-13-14-24-21(10-8-16-28(23,24)6)11-12-22-17-25(29)20(3)26(30)19(22)2/h11-12,18,20,23-26,29-31H,2,7-10,13-17H2,1,3-6H3/b21-11+,22-12+/t18-,20+,23?,24?,25-,26+,28?/m0/s1. The molecule has 3 aliphatic carbocycles. The largest absolute Gasteiger partial charge is 0.392 e. The average Bonchev–Trinajstić information content (AvgIpc) is 3.04. The Balaban J connectivity index is 1.71. The van der Waals surface area contributed by atoms with E-state index < -0.39 is 17.8 Å². The maximum atomic E-state index is 10.4. The number of aliphatic hydroxyl groups excluding tert-OH is 2. The van der Waals surface area contributed by atoms with E-state index in [-0.39, 0.29) is 5.92 Å². The normalized spacial score (nSPS) is 40.4. The Morgan fingerprint density at radius 3 is 2.61 bits per heavy atom. The van der Waals surface area contributed by atoms with Crippen molar-refractivity contribution >= 4 is 0 Å². The topological polar surface area (TPSA) is 60.7 Å². The molecule has 3 heteroatoms. The zero-order chi connectivity index (χ0) is 23.0. The summed E-state index contributed by atoms with van der Waals surface area (Å²) >= 11 is 0. The molecule has 0 aromatic heterocycles. The third-order valence-corrected chi connectivity index (χ3v) is 8.97. The molecule has 0 amide bonds. The van der Waals surface area contributed by atoms with Gasteiger partial charge in [0, 0.05) is 5.92 Å². The Kier molecular flexibility index (Phi) is 7.61. The summed E-state index contributed by atoms with van der Waals surface area (Å²) in [5.74, 6) is 1.94. The minimum absolute atomic E-state index is 0.149. The number of hydrogen-bond donors (Lipinski definition) is 3. The van der Waals surface area contributed by atoms with Gasteiger partial charge in [0.2, 0.25) is 0 Å². The molecule has 0 radical (unpaired) electrons. The smallest absolute Gasteiger partial charge is 0.0837 e. The third kappa shape index (κ3) is 5.37. The van der Waals surface area contributed by atoms with E-state index in [1.165, 1.54) is 32.1 Å². The average molecular weight is 431 g/mol. The molecule has 176 valence electrons. The predicted octanol–water partition coefficient (Wildman–Crippen LogP) is 5.95. The monoisotopic (exact) mass is 430 g/mol. The van der Waals surface area contributed by atoms with Gasteiger partial charge in [-0.3, -0.25) is 0 Å². The lowest BCUT2D eigenvalue weighted by atomic mass is 9.60. The Labute approximate surface area is 190 Å². The number of rotatable bonds is 6. The zero-order valence-electron chi connectivity index (χ0n) is 20.5.